The van der Waals surface area contributed by atoms with Crippen molar-refractivity contribution in [1.29, 1.82) is 0 Å². The lowest BCUT2D eigenvalue weighted by atomic mass is 10.1. The van der Waals surface area contributed by atoms with Crippen LogP contribution in [0.15, 0.2) is 16.6 Å². The van der Waals surface area contributed by atoms with Gasteiger partial charge in [0.05, 0.1) is 5.69 Å². The number of hydrogen-bond acceptors (Lipinski definition) is 3. The number of rotatable bonds is 2. The highest BCUT2D eigenvalue weighted by Crippen LogP contribution is 2.34. The number of aryl methyl sites for hydroxylation is 1. The summed E-state index contributed by atoms with van der Waals surface area (Å²) in [4.78, 5) is 4.77. The molecule has 0 spiro atoms. The molecule has 18 heavy (non-hydrogen) atoms. The molecule has 3 nitrogen and oxygen atoms in total. The van der Waals surface area contributed by atoms with Gasteiger partial charge in [-0.05, 0) is 60.6 Å². The van der Waals surface area contributed by atoms with Crippen LogP contribution in [0.1, 0.15) is 12.5 Å². The largest absolute Gasteiger partial charge is 0.398 e. The average Bonchev–Trinajstić information content (AvgIpc) is 2.65. The maximum Gasteiger partial charge on any atom is 0.0515 e. The molecule has 1 aliphatic heterocycles. The van der Waals surface area contributed by atoms with Gasteiger partial charge in [0.15, 0.2) is 0 Å². The Bertz CT molecular complexity index is 445. The van der Waals surface area contributed by atoms with E-state index in [2.05, 4.69) is 59.7 Å². The molecule has 2 N–H and O–H groups in total. The van der Waals surface area contributed by atoms with Gasteiger partial charge in [0.25, 0.3) is 0 Å². The maximum absolute atomic E-state index is 5.93. The standard InChI is InChI=1S/C14H22BrN3/c1-9-5-13(11(15)6-12(9)16)18-7-10(2)14(8-18)17(3)4/h5-6,10,14H,7-8,16H2,1-4H3. The van der Waals surface area contributed by atoms with Crippen LogP contribution in [0.3, 0.4) is 0 Å². The zero-order chi connectivity index (χ0) is 13.4. The fraction of sp³-hybridized carbons (Fsp3) is 0.571. The number of hydrogen-bond donors (Lipinski definition) is 1. The van der Waals surface area contributed by atoms with Crippen LogP contribution in [0.2, 0.25) is 0 Å². The average molecular weight is 312 g/mol. The fourth-order valence-electron chi connectivity index (χ4n) is 2.74. The Kier molecular flexibility index (Phi) is 3.87. The summed E-state index contributed by atoms with van der Waals surface area (Å²) in [5.74, 6) is 0.685. The van der Waals surface area contributed by atoms with Crippen molar-refractivity contribution < 1.29 is 0 Å². The van der Waals surface area contributed by atoms with Gasteiger partial charge in [-0.1, -0.05) is 6.92 Å². The molecule has 1 fully saturated rings. The fourth-order valence-corrected chi connectivity index (χ4v) is 3.35. The third-order valence-corrected chi connectivity index (χ3v) is 4.55. The van der Waals surface area contributed by atoms with E-state index in [1.54, 1.807) is 0 Å². The maximum atomic E-state index is 5.93. The molecule has 0 amide bonds. The highest BCUT2D eigenvalue weighted by Gasteiger charge is 2.31. The molecule has 1 heterocycles. The van der Waals surface area contributed by atoms with Gasteiger partial charge in [-0.15, -0.1) is 0 Å². The quantitative estimate of drug-likeness (QED) is 0.852. The molecule has 1 aromatic carbocycles. The third kappa shape index (κ3) is 2.50. The van der Waals surface area contributed by atoms with E-state index >= 15 is 0 Å². The zero-order valence-corrected chi connectivity index (χ0v) is 13.2. The molecule has 1 aromatic rings. The van der Waals surface area contributed by atoms with Crippen molar-refractivity contribution in [3.8, 4) is 0 Å². The van der Waals surface area contributed by atoms with E-state index < -0.39 is 0 Å². The van der Waals surface area contributed by atoms with Crippen molar-refractivity contribution >= 4 is 27.3 Å². The number of halogens is 1. The van der Waals surface area contributed by atoms with Crippen molar-refractivity contribution in [3.63, 3.8) is 0 Å². The zero-order valence-electron chi connectivity index (χ0n) is 11.6. The van der Waals surface area contributed by atoms with Crippen LogP contribution >= 0.6 is 15.9 Å². The first-order valence-corrected chi connectivity index (χ1v) is 7.16. The van der Waals surface area contributed by atoms with Crippen LogP contribution in [0.25, 0.3) is 0 Å². The number of nitrogens with zero attached hydrogens (tertiary/aromatic N) is 2. The molecular weight excluding hydrogens is 290 g/mol. The lowest BCUT2D eigenvalue weighted by molar-refractivity contribution is 0.266. The van der Waals surface area contributed by atoms with Crippen LogP contribution in [-0.2, 0) is 0 Å². The monoisotopic (exact) mass is 311 g/mol. The summed E-state index contributed by atoms with van der Waals surface area (Å²) in [6.07, 6.45) is 0. The van der Waals surface area contributed by atoms with E-state index in [-0.39, 0.29) is 0 Å². The minimum Gasteiger partial charge on any atom is -0.398 e. The molecular formula is C14H22BrN3. The second-order valence-corrected chi connectivity index (χ2v) is 6.43. The molecule has 0 aliphatic carbocycles. The Morgan fingerprint density at radius 3 is 2.56 bits per heavy atom. The van der Waals surface area contributed by atoms with Crippen molar-refractivity contribution in [1.82, 2.24) is 4.90 Å². The highest BCUT2D eigenvalue weighted by atomic mass is 79.9. The summed E-state index contributed by atoms with van der Waals surface area (Å²) < 4.78 is 1.09. The highest BCUT2D eigenvalue weighted by molar-refractivity contribution is 9.10. The number of nitrogen functional groups attached to an aromatic ring is 1. The van der Waals surface area contributed by atoms with E-state index in [9.17, 15) is 0 Å². The lowest BCUT2D eigenvalue weighted by Crippen LogP contribution is -2.34. The SMILES string of the molecule is Cc1cc(N2CC(C)C(N(C)C)C2)c(Br)cc1N. The molecule has 2 rings (SSSR count). The van der Waals surface area contributed by atoms with Crippen LogP contribution in [0, 0.1) is 12.8 Å². The van der Waals surface area contributed by atoms with Crippen molar-refractivity contribution in [3.05, 3.63) is 22.2 Å². The van der Waals surface area contributed by atoms with Crippen LogP contribution in [0.4, 0.5) is 11.4 Å². The van der Waals surface area contributed by atoms with Crippen LogP contribution in [-0.4, -0.2) is 38.1 Å². The molecule has 1 saturated heterocycles. The Balaban J connectivity index is 2.26. The second kappa shape index (κ2) is 5.10. The smallest absolute Gasteiger partial charge is 0.0515 e. The molecule has 2 unspecified atom stereocenters. The van der Waals surface area contributed by atoms with Gasteiger partial charge in [-0.2, -0.15) is 0 Å². The summed E-state index contributed by atoms with van der Waals surface area (Å²) in [6, 6.07) is 4.82. The normalized spacial score (nSPS) is 24.0. The Morgan fingerprint density at radius 2 is 2.00 bits per heavy atom. The van der Waals surface area contributed by atoms with Gasteiger partial charge in [0.2, 0.25) is 0 Å². The second-order valence-electron chi connectivity index (χ2n) is 5.57. The summed E-state index contributed by atoms with van der Waals surface area (Å²) in [7, 11) is 4.32. The molecule has 0 saturated carbocycles. The van der Waals surface area contributed by atoms with Crippen molar-refractivity contribution in [2.75, 3.05) is 37.8 Å². The first-order chi connectivity index (χ1) is 8.40. The van der Waals surface area contributed by atoms with Crippen molar-refractivity contribution in [2.45, 2.75) is 19.9 Å². The molecule has 1 aliphatic rings. The predicted octanol–water partition coefficient (Wildman–Crippen LogP) is 2.73. The lowest BCUT2D eigenvalue weighted by Gasteiger charge is -2.24. The van der Waals surface area contributed by atoms with Gasteiger partial charge < -0.3 is 15.5 Å². The molecule has 2 atom stereocenters. The van der Waals surface area contributed by atoms with Gasteiger partial charge >= 0.3 is 0 Å². The van der Waals surface area contributed by atoms with E-state index in [4.69, 9.17) is 5.73 Å². The van der Waals surface area contributed by atoms with E-state index in [0.717, 1.165) is 28.8 Å². The van der Waals surface area contributed by atoms with Gasteiger partial charge in [0, 0.05) is 29.3 Å². The summed E-state index contributed by atoms with van der Waals surface area (Å²) in [5, 5.41) is 0. The first-order valence-electron chi connectivity index (χ1n) is 6.37. The summed E-state index contributed by atoms with van der Waals surface area (Å²) >= 11 is 3.63. The number of anilines is 2. The molecule has 4 heteroatoms. The molecule has 100 valence electrons. The van der Waals surface area contributed by atoms with Crippen molar-refractivity contribution in [2.24, 2.45) is 5.92 Å². The van der Waals surface area contributed by atoms with Crippen LogP contribution < -0.4 is 10.6 Å². The van der Waals surface area contributed by atoms with Crippen LogP contribution in [0.5, 0.6) is 0 Å². The Labute approximate surface area is 118 Å². The molecule has 0 aromatic heterocycles. The Hall–Kier alpha value is -0.740. The minimum atomic E-state index is 0.620. The van der Waals surface area contributed by atoms with Gasteiger partial charge in [-0.3, -0.25) is 0 Å². The Morgan fingerprint density at radius 1 is 1.33 bits per heavy atom. The number of likely N-dealkylation sites (N-methyl/N-ethyl adjacent to an activating group) is 1. The van der Waals surface area contributed by atoms with Gasteiger partial charge in [0.1, 0.15) is 0 Å². The molecule has 0 radical (unpaired) electrons. The summed E-state index contributed by atoms with van der Waals surface area (Å²) in [5.41, 5.74) is 9.19. The topological polar surface area (TPSA) is 32.5 Å². The van der Waals surface area contributed by atoms with E-state index in [0.29, 0.717) is 12.0 Å². The minimum absolute atomic E-state index is 0.620. The molecule has 0 bridgehead atoms. The summed E-state index contributed by atoms with van der Waals surface area (Å²) in [6.45, 7) is 6.57. The first kappa shape index (κ1) is 13.7. The third-order valence-electron chi connectivity index (χ3n) is 3.91. The predicted molar refractivity (Wildman–Crippen MR) is 82.1 cm³/mol. The van der Waals surface area contributed by atoms with E-state index in [1.807, 2.05) is 6.07 Å². The number of nitrogens with two attached hydrogens (primary N) is 1. The van der Waals surface area contributed by atoms with E-state index in [1.165, 1.54) is 5.69 Å². The number of benzene rings is 1. The van der Waals surface area contributed by atoms with Gasteiger partial charge in [-0.25, -0.2) is 0 Å².